The summed E-state index contributed by atoms with van der Waals surface area (Å²) >= 11 is 1.57. The van der Waals surface area contributed by atoms with E-state index in [4.69, 9.17) is 4.74 Å². The molecule has 1 aliphatic heterocycles. The van der Waals surface area contributed by atoms with Crippen molar-refractivity contribution in [3.8, 4) is 5.75 Å². The maximum atomic E-state index is 12.7. The van der Waals surface area contributed by atoms with Gasteiger partial charge in [0, 0.05) is 18.8 Å². The molecule has 1 saturated heterocycles. The Morgan fingerprint density at radius 1 is 1.25 bits per heavy atom. The Kier molecular flexibility index (Phi) is 4.85. The summed E-state index contributed by atoms with van der Waals surface area (Å²) in [5.41, 5.74) is 1.83. The summed E-state index contributed by atoms with van der Waals surface area (Å²) in [6.07, 6.45) is 0.351. The molecule has 0 aliphatic carbocycles. The molecule has 0 N–H and O–H groups in total. The third-order valence-electron chi connectivity index (χ3n) is 4.30. The standard InChI is InChI=1S/C18H20N2O3S/c1-13-18(22)20(15-3-5-16(23-2)6-4-15)9-8-19(13)17(21)11-14-7-10-24-12-14/h3-7,10,12-13H,8-9,11H2,1-2H3. The monoisotopic (exact) mass is 344 g/mol. The Morgan fingerprint density at radius 3 is 2.62 bits per heavy atom. The van der Waals surface area contributed by atoms with Gasteiger partial charge >= 0.3 is 0 Å². The largest absolute Gasteiger partial charge is 0.497 e. The molecule has 5 nitrogen and oxygen atoms in total. The number of piperazine rings is 1. The summed E-state index contributed by atoms with van der Waals surface area (Å²) in [6, 6.07) is 8.90. The lowest BCUT2D eigenvalue weighted by Gasteiger charge is -2.39. The molecule has 0 spiro atoms. The molecule has 1 aromatic heterocycles. The lowest BCUT2D eigenvalue weighted by molar-refractivity contribution is -0.140. The van der Waals surface area contributed by atoms with E-state index >= 15 is 0 Å². The van der Waals surface area contributed by atoms with Crippen LogP contribution in [0.15, 0.2) is 41.1 Å². The van der Waals surface area contributed by atoms with Crippen LogP contribution < -0.4 is 9.64 Å². The number of amides is 2. The van der Waals surface area contributed by atoms with Crippen LogP contribution >= 0.6 is 11.3 Å². The first kappa shape index (κ1) is 16.5. The molecule has 1 aromatic carbocycles. The molecule has 2 aromatic rings. The summed E-state index contributed by atoms with van der Waals surface area (Å²) in [4.78, 5) is 28.6. The zero-order valence-corrected chi connectivity index (χ0v) is 14.6. The van der Waals surface area contributed by atoms with Crippen molar-refractivity contribution >= 4 is 28.8 Å². The Balaban J connectivity index is 1.69. The lowest BCUT2D eigenvalue weighted by atomic mass is 10.1. The van der Waals surface area contributed by atoms with E-state index < -0.39 is 6.04 Å². The number of benzene rings is 1. The molecule has 6 heteroatoms. The lowest BCUT2D eigenvalue weighted by Crippen LogP contribution is -2.58. The average Bonchev–Trinajstić information content (AvgIpc) is 3.10. The maximum absolute atomic E-state index is 12.7. The summed E-state index contributed by atoms with van der Waals surface area (Å²) in [5.74, 6) is 0.706. The second-order valence-corrected chi connectivity index (χ2v) is 6.54. The number of carbonyl (C=O) groups excluding carboxylic acids is 2. The smallest absolute Gasteiger partial charge is 0.249 e. The van der Waals surface area contributed by atoms with Gasteiger partial charge in [-0.3, -0.25) is 9.59 Å². The van der Waals surface area contributed by atoms with E-state index in [0.29, 0.717) is 19.5 Å². The van der Waals surface area contributed by atoms with Gasteiger partial charge < -0.3 is 14.5 Å². The van der Waals surface area contributed by atoms with Crippen molar-refractivity contribution in [1.29, 1.82) is 0 Å². The van der Waals surface area contributed by atoms with Crippen molar-refractivity contribution in [3.63, 3.8) is 0 Å². The number of carbonyl (C=O) groups is 2. The van der Waals surface area contributed by atoms with Crippen molar-refractivity contribution in [3.05, 3.63) is 46.7 Å². The van der Waals surface area contributed by atoms with Gasteiger partial charge in [-0.25, -0.2) is 0 Å². The molecule has 2 heterocycles. The van der Waals surface area contributed by atoms with Gasteiger partial charge in [-0.05, 0) is 53.6 Å². The fourth-order valence-corrected chi connectivity index (χ4v) is 3.57. The Labute approximate surface area is 145 Å². The van der Waals surface area contributed by atoms with Crippen LogP contribution in [0.25, 0.3) is 0 Å². The molecule has 0 radical (unpaired) electrons. The summed E-state index contributed by atoms with van der Waals surface area (Å²) in [6.45, 7) is 2.84. The van der Waals surface area contributed by atoms with Crippen molar-refractivity contribution in [2.24, 2.45) is 0 Å². The topological polar surface area (TPSA) is 49.9 Å². The van der Waals surface area contributed by atoms with Crippen LogP contribution in [0.1, 0.15) is 12.5 Å². The number of nitrogens with zero attached hydrogens (tertiary/aromatic N) is 2. The van der Waals surface area contributed by atoms with E-state index in [1.807, 2.05) is 41.1 Å². The zero-order valence-electron chi connectivity index (χ0n) is 13.8. The van der Waals surface area contributed by atoms with Crippen LogP contribution in [0, 0.1) is 0 Å². The Bertz CT molecular complexity index is 712. The van der Waals surface area contributed by atoms with Gasteiger partial charge in [0.25, 0.3) is 0 Å². The van der Waals surface area contributed by atoms with Crippen LogP contribution in [0.5, 0.6) is 5.75 Å². The molecule has 1 aliphatic rings. The van der Waals surface area contributed by atoms with Gasteiger partial charge in [-0.1, -0.05) is 0 Å². The third kappa shape index (κ3) is 3.28. The molecule has 0 saturated carbocycles. The first-order valence-corrected chi connectivity index (χ1v) is 8.80. The van der Waals surface area contributed by atoms with Crippen molar-refractivity contribution in [2.75, 3.05) is 25.1 Å². The van der Waals surface area contributed by atoms with E-state index in [1.165, 1.54) is 0 Å². The average molecular weight is 344 g/mol. The molecule has 126 valence electrons. The van der Waals surface area contributed by atoms with Gasteiger partial charge in [0.05, 0.1) is 13.5 Å². The van der Waals surface area contributed by atoms with Gasteiger partial charge in [0.15, 0.2) is 0 Å². The van der Waals surface area contributed by atoms with Crippen LogP contribution in [0.4, 0.5) is 5.69 Å². The third-order valence-corrected chi connectivity index (χ3v) is 5.03. The summed E-state index contributed by atoms with van der Waals surface area (Å²) in [7, 11) is 1.61. The number of methoxy groups -OCH3 is 1. The Hall–Kier alpha value is -2.34. The SMILES string of the molecule is COc1ccc(N2CCN(C(=O)Cc3ccsc3)C(C)C2=O)cc1. The minimum atomic E-state index is -0.452. The van der Waals surface area contributed by atoms with E-state index in [-0.39, 0.29) is 11.8 Å². The predicted octanol–water partition coefficient (Wildman–Crippen LogP) is 2.56. The fourth-order valence-electron chi connectivity index (χ4n) is 2.90. The van der Waals surface area contributed by atoms with E-state index in [0.717, 1.165) is 17.0 Å². The predicted molar refractivity (Wildman–Crippen MR) is 94.5 cm³/mol. The molecule has 24 heavy (non-hydrogen) atoms. The molecule has 1 unspecified atom stereocenters. The number of thiophene rings is 1. The van der Waals surface area contributed by atoms with Gasteiger partial charge in [0.1, 0.15) is 11.8 Å². The van der Waals surface area contributed by atoms with Crippen LogP contribution in [-0.2, 0) is 16.0 Å². The highest BCUT2D eigenvalue weighted by Gasteiger charge is 2.34. The number of ether oxygens (including phenoxy) is 1. The van der Waals surface area contributed by atoms with Crippen molar-refractivity contribution in [2.45, 2.75) is 19.4 Å². The molecule has 1 fully saturated rings. The summed E-state index contributed by atoms with van der Waals surface area (Å²) in [5, 5.41) is 3.93. The highest BCUT2D eigenvalue weighted by Crippen LogP contribution is 2.23. The van der Waals surface area contributed by atoms with E-state index in [9.17, 15) is 9.59 Å². The van der Waals surface area contributed by atoms with Gasteiger partial charge in [-0.2, -0.15) is 11.3 Å². The molecule has 3 rings (SSSR count). The fraction of sp³-hybridized carbons (Fsp3) is 0.333. The first-order chi connectivity index (χ1) is 11.6. The quantitative estimate of drug-likeness (QED) is 0.856. The van der Waals surface area contributed by atoms with Gasteiger partial charge in [0.2, 0.25) is 11.8 Å². The zero-order chi connectivity index (χ0) is 17.1. The van der Waals surface area contributed by atoms with E-state index in [1.54, 1.807) is 35.2 Å². The molecule has 0 bridgehead atoms. The minimum absolute atomic E-state index is 0.00336. The summed E-state index contributed by atoms with van der Waals surface area (Å²) < 4.78 is 5.15. The van der Waals surface area contributed by atoms with Crippen molar-refractivity contribution in [1.82, 2.24) is 4.90 Å². The number of rotatable bonds is 4. The highest BCUT2D eigenvalue weighted by atomic mass is 32.1. The Morgan fingerprint density at radius 2 is 2.00 bits per heavy atom. The second-order valence-electron chi connectivity index (χ2n) is 5.76. The molecule has 2 amide bonds. The molecular weight excluding hydrogens is 324 g/mol. The van der Waals surface area contributed by atoms with Crippen LogP contribution in [0.3, 0.4) is 0 Å². The normalized spacial score (nSPS) is 17.9. The van der Waals surface area contributed by atoms with Crippen LogP contribution in [0.2, 0.25) is 0 Å². The number of hydrogen-bond acceptors (Lipinski definition) is 4. The number of anilines is 1. The van der Waals surface area contributed by atoms with E-state index in [2.05, 4.69) is 0 Å². The van der Waals surface area contributed by atoms with Crippen LogP contribution in [-0.4, -0.2) is 43.0 Å². The number of hydrogen-bond donors (Lipinski definition) is 0. The highest BCUT2D eigenvalue weighted by molar-refractivity contribution is 7.08. The second kappa shape index (κ2) is 7.05. The molecular formula is C18H20N2O3S. The van der Waals surface area contributed by atoms with Gasteiger partial charge in [-0.15, -0.1) is 0 Å². The minimum Gasteiger partial charge on any atom is -0.497 e. The first-order valence-electron chi connectivity index (χ1n) is 7.86. The van der Waals surface area contributed by atoms with Crippen molar-refractivity contribution < 1.29 is 14.3 Å². The molecule has 1 atom stereocenters. The maximum Gasteiger partial charge on any atom is 0.249 e.